The Labute approximate surface area is 199 Å². The number of fused-ring (bicyclic) bond motifs is 1. The van der Waals surface area contributed by atoms with Crippen LogP contribution in [-0.2, 0) is 26.2 Å². The molecule has 0 spiro atoms. The number of carbonyl (C=O) groups is 2. The molecule has 2 aliphatic rings. The maximum atomic E-state index is 13.3. The summed E-state index contributed by atoms with van der Waals surface area (Å²) in [7, 11) is -3.75. The molecule has 0 unspecified atom stereocenters. The van der Waals surface area contributed by atoms with Crippen LogP contribution in [0.25, 0.3) is 0 Å². The third-order valence-electron chi connectivity index (χ3n) is 6.03. The molecular weight excluding hydrogens is 458 g/mol. The second-order valence-electron chi connectivity index (χ2n) is 8.30. The van der Waals surface area contributed by atoms with Gasteiger partial charge in [-0.25, -0.2) is 8.42 Å². The lowest BCUT2D eigenvalue weighted by Gasteiger charge is -2.29. The highest BCUT2D eigenvalue weighted by molar-refractivity contribution is 8.01. The van der Waals surface area contributed by atoms with Gasteiger partial charge in [-0.1, -0.05) is 50.1 Å². The zero-order valence-electron chi connectivity index (χ0n) is 18.7. The van der Waals surface area contributed by atoms with Crippen LogP contribution in [0.5, 0.6) is 0 Å². The molecule has 1 atom stereocenters. The minimum Gasteiger partial charge on any atom is -0.341 e. The van der Waals surface area contributed by atoms with E-state index in [4.69, 9.17) is 0 Å². The van der Waals surface area contributed by atoms with Gasteiger partial charge in [-0.2, -0.15) is 4.31 Å². The van der Waals surface area contributed by atoms with Crippen molar-refractivity contribution in [1.82, 2.24) is 9.21 Å². The van der Waals surface area contributed by atoms with Crippen molar-refractivity contribution in [3.63, 3.8) is 0 Å². The third kappa shape index (κ3) is 5.26. The van der Waals surface area contributed by atoms with Gasteiger partial charge in [0.15, 0.2) is 5.25 Å². The molecule has 9 heteroatoms. The summed E-state index contributed by atoms with van der Waals surface area (Å²) in [6.07, 6.45) is 4.12. The minimum absolute atomic E-state index is 0.122. The summed E-state index contributed by atoms with van der Waals surface area (Å²) in [5.74, 6) is -0.560. The van der Waals surface area contributed by atoms with Crippen LogP contribution >= 0.6 is 11.8 Å². The van der Waals surface area contributed by atoms with E-state index in [0.29, 0.717) is 30.2 Å². The van der Waals surface area contributed by atoms with Gasteiger partial charge in [-0.3, -0.25) is 9.59 Å². The molecule has 7 nitrogen and oxygen atoms in total. The summed E-state index contributed by atoms with van der Waals surface area (Å²) in [6.45, 7) is 3.75. The van der Waals surface area contributed by atoms with Crippen LogP contribution in [0.15, 0.2) is 58.3 Å². The van der Waals surface area contributed by atoms with Crippen molar-refractivity contribution < 1.29 is 18.0 Å². The Kier molecular flexibility index (Phi) is 7.41. The molecule has 2 aromatic carbocycles. The van der Waals surface area contributed by atoms with E-state index in [-0.39, 0.29) is 17.3 Å². The first-order valence-corrected chi connectivity index (χ1v) is 13.7. The molecule has 0 aromatic heterocycles. The highest BCUT2D eigenvalue weighted by Crippen LogP contribution is 2.38. The van der Waals surface area contributed by atoms with E-state index in [9.17, 15) is 18.0 Å². The number of hydrogen-bond donors (Lipinski definition) is 1. The van der Waals surface area contributed by atoms with Crippen molar-refractivity contribution in [3.05, 3.63) is 54.1 Å². The predicted octanol–water partition coefficient (Wildman–Crippen LogP) is 3.71. The van der Waals surface area contributed by atoms with Crippen LogP contribution in [0.1, 0.15) is 38.2 Å². The Hall–Kier alpha value is -2.36. The van der Waals surface area contributed by atoms with Gasteiger partial charge in [0.2, 0.25) is 21.8 Å². The topological polar surface area (TPSA) is 86.8 Å². The summed E-state index contributed by atoms with van der Waals surface area (Å²) in [6, 6.07) is 14.2. The number of nitrogens with one attached hydrogen (secondary N) is 1. The van der Waals surface area contributed by atoms with E-state index in [0.717, 1.165) is 31.2 Å². The number of carbonyl (C=O) groups excluding carboxylic acids is 2. The molecule has 2 aromatic rings. The van der Waals surface area contributed by atoms with Crippen LogP contribution in [0.4, 0.5) is 5.69 Å². The van der Waals surface area contributed by atoms with Gasteiger partial charge in [0.1, 0.15) is 0 Å². The molecule has 0 aliphatic carbocycles. The number of rotatable bonds is 6. The van der Waals surface area contributed by atoms with Crippen LogP contribution < -0.4 is 5.32 Å². The van der Waals surface area contributed by atoms with Crippen LogP contribution in [0, 0.1) is 0 Å². The lowest BCUT2D eigenvalue weighted by atomic mass is 10.2. The van der Waals surface area contributed by atoms with Crippen molar-refractivity contribution in [1.29, 1.82) is 0 Å². The first kappa shape index (κ1) is 23.8. The molecule has 33 heavy (non-hydrogen) atoms. The summed E-state index contributed by atoms with van der Waals surface area (Å²) < 4.78 is 28.0. The summed E-state index contributed by atoms with van der Waals surface area (Å²) in [5.41, 5.74) is 1.33. The van der Waals surface area contributed by atoms with E-state index in [1.807, 2.05) is 30.3 Å². The Morgan fingerprint density at radius 3 is 2.45 bits per heavy atom. The number of nitrogens with zero attached hydrogens (tertiary/aromatic N) is 2. The molecule has 0 saturated carbocycles. The smallest absolute Gasteiger partial charge is 0.247 e. The fraction of sp³-hybridized carbons (Fsp3) is 0.417. The van der Waals surface area contributed by atoms with Gasteiger partial charge in [0.25, 0.3) is 0 Å². The van der Waals surface area contributed by atoms with Gasteiger partial charge in [-0.05, 0) is 36.6 Å². The number of benzene rings is 2. The van der Waals surface area contributed by atoms with E-state index in [1.165, 1.54) is 22.1 Å². The average molecular weight is 488 g/mol. The highest BCUT2D eigenvalue weighted by atomic mass is 32.2. The zero-order chi connectivity index (χ0) is 23.4. The van der Waals surface area contributed by atoms with E-state index < -0.39 is 21.2 Å². The molecule has 0 bridgehead atoms. The lowest BCUT2D eigenvalue weighted by Crippen LogP contribution is -2.45. The molecule has 1 saturated heterocycles. The van der Waals surface area contributed by atoms with Gasteiger partial charge in [0.05, 0.1) is 10.6 Å². The molecule has 0 radical (unpaired) electrons. The van der Waals surface area contributed by atoms with Crippen LogP contribution in [-0.4, -0.2) is 54.3 Å². The summed E-state index contributed by atoms with van der Waals surface area (Å²) in [4.78, 5) is 28.4. The zero-order valence-corrected chi connectivity index (χ0v) is 20.3. The average Bonchev–Trinajstić information content (AvgIpc) is 3.11. The SMILES string of the molecule is CCN(Cc1ccccc1)S(=O)(=O)c1ccc2c(c1)NC(=O)[C@@H](C(=O)N1CCCCCC1)S2. The molecular formula is C24H29N3O4S2. The van der Waals surface area contributed by atoms with E-state index in [1.54, 1.807) is 24.0 Å². The maximum absolute atomic E-state index is 13.3. The van der Waals surface area contributed by atoms with Crippen molar-refractivity contribution in [2.24, 2.45) is 0 Å². The summed E-state index contributed by atoms with van der Waals surface area (Å²) >= 11 is 1.20. The predicted molar refractivity (Wildman–Crippen MR) is 129 cm³/mol. The van der Waals surface area contributed by atoms with Gasteiger partial charge < -0.3 is 10.2 Å². The Morgan fingerprint density at radius 1 is 1.09 bits per heavy atom. The van der Waals surface area contributed by atoms with Gasteiger partial charge in [-0.15, -0.1) is 11.8 Å². The number of thioether (sulfide) groups is 1. The number of sulfonamides is 1. The normalized spacial score (nSPS) is 19.0. The van der Waals surface area contributed by atoms with E-state index in [2.05, 4.69) is 5.32 Å². The number of amides is 2. The lowest BCUT2D eigenvalue weighted by molar-refractivity contribution is -0.133. The van der Waals surface area contributed by atoms with Crippen molar-refractivity contribution in [3.8, 4) is 0 Å². The molecule has 1 N–H and O–H groups in total. The fourth-order valence-corrected chi connectivity index (χ4v) is 6.69. The fourth-order valence-electron chi connectivity index (χ4n) is 4.17. The molecule has 2 aliphatic heterocycles. The van der Waals surface area contributed by atoms with Crippen LogP contribution in [0.3, 0.4) is 0 Å². The van der Waals surface area contributed by atoms with Crippen molar-refractivity contribution in [2.45, 2.75) is 54.2 Å². The Morgan fingerprint density at radius 2 is 1.79 bits per heavy atom. The summed E-state index contributed by atoms with van der Waals surface area (Å²) in [5, 5.41) is 1.93. The molecule has 176 valence electrons. The Balaban J connectivity index is 1.53. The van der Waals surface area contributed by atoms with Crippen molar-refractivity contribution >= 4 is 39.3 Å². The number of hydrogen-bond acceptors (Lipinski definition) is 5. The number of likely N-dealkylation sites (tertiary alicyclic amines) is 1. The first-order valence-electron chi connectivity index (χ1n) is 11.3. The molecule has 2 heterocycles. The van der Waals surface area contributed by atoms with Gasteiger partial charge >= 0.3 is 0 Å². The highest BCUT2D eigenvalue weighted by Gasteiger charge is 2.36. The standard InChI is InChI=1S/C24H29N3O4S2/c1-2-27(17-18-10-6-5-7-11-18)33(30,31)19-12-13-21-20(16-19)25-23(28)22(32-21)24(29)26-14-8-3-4-9-15-26/h5-7,10-13,16,22H,2-4,8-9,14-15,17H2,1H3,(H,25,28)/t22-/m0/s1. The second kappa shape index (κ2) is 10.3. The number of anilines is 1. The van der Waals surface area contributed by atoms with Crippen molar-refractivity contribution in [2.75, 3.05) is 25.0 Å². The van der Waals surface area contributed by atoms with Gasteiger partial charge in [0, 0.05) is 31.1 Å². The molecule has 4 rings (SSSR count). The first-order chi connectivity index (χ1) is 15.9. The quantitative estimate of drug-likeness (QED) is 0.628. The molecule has 2 amide bonds. The maximum Gasteiger partial charge on any atom is 0.247 e. The monoisotopic (exact) mass is 487 g/mol. The third-order valence-corrected chi connectivity index (χ3v) is 9.20. The largest absolute Gasteiger partial charge is 0.341 e. The second-order valence-corrected chi connectivity index (χ2v) is 11.4. The minimum atomic E-state index is -3.75. The van der Waals surface area contributed by atoms with E-state index >= 15 is 0 Å². The van der Waals surface area contributed by atoms with Crippen LogP contribution in [0.2, 0.25) is 0 Å². The molecule has 1 fully saturated rings. The Bertz CT molecular complexity index is 1110.